The van der Waals surface area contributed by atoms with Crippen LogP contribution in [0.3, 0.4) is 0 Å². The van der Waals surface area contributed by atoms with Crippen LogP contribution >= 0.6 is 0 Å². The Balaban J connectivity index is 2.24. The van der Waals surface area contributed by atoms with E-state index >= 15 is 0 Å². The maximum atomic E-state index is 11.7. The number of anilines is 2. The Bertz CT molecular complexity index is 392. The van der Waals surface area contributed by atoms with Gasteiger partial charge in [-0.25, -0.2) is 4.98 Å². The normalized spacial score (nSPS) is 11.3. The Kier molecular flexibility index (Phi) is 4.90. The minimum atomic E-state index is -4.38. The Morgan fingerprint density at radius 2 is 2.17 bits per heavy atom. The summed E-state index contributed by atoms with van der Waals surface area (Å²) in [4.78, 5) is 15.0. The highest BCUT2D eigenvalue weighted by molar-refractivity contribution is 5.90. The van der Waals surface area contributed by atoms with E-state index in [-0.39, 0.29) is 13.0 Å². The van der Waals surface area contributed by atoms with Crippen molar-refractivity contribution in [3.63, 3.8) is 0 Å². The number of rotatable bonds is 5. The Morgan fingerprint density at radius 3 is 2.72 bits per heavy atom. The molecule has 0 radical (unpaired) electrons. The molecule has 0 atom stereocenters. The number of nitrogens with zero attached hydrogens (tertiary/aromatic N) is 1. The molecule has 0 saturated carbocycles. The zero-order valence-electron chi connectivity index (χ0n) is 9.33. The predicted octanol–water partition coefficient (Wildman–Crippen LogP) is 1.57. The fourth-order valence-corrected chi connectivity index (χ4v) is 1.06. The van der Waals surface area contributed by atoms with Gasteiger partial charge in [0.1, 0.15) is 12.4 Å². The quantitative estimate of drug-likeness (QED) is 0.790. The summed E-state index contributed by atoms with van der Waals surface area (Å²) in [5, 5.41) is 2.45. The van der Waals surface area contributed by atoms with E-state index in [1.165, 1.54) is 18.3 Å². The van der Waals surface area contributed by atoms with Crippen molar-refractivity contribution in [2.45, 2.75) is 12.6 Å². The van der Waals surface area contributed by atoms with Gasteiger partial charge in [0, 0.05) is 0 Å². The molecule has 1 rings (SSSR count). The van der Waals surface area contributed by atoms with Gasteiger partial charge < -0.3 is 15.8 Å². The number of ether oxygens (including phenoxy) is 1. The van der Waals surface area contributed by atoms with Gasteiger partial charge in [-0.05, 0) is 12.1 Å². The first kappa shape index (κ1) is 14.2. The summed E-state index contributed by atoms with van der Waals surface area (Å²) in [7, 11) is 0. The molecule has 0 spiro atoms. The fourth-order valence-electron chi connectivity index (χ4n) is 1.06. The number of amides is 1. The van der Waals surface area contributed by atoms with E-state index in [4.69, 9.17) is 5.73 Å². The molecule has 5 nitrogen and oxygen atoms in total. The summed E-state index contributed by atoms with van der Waals surface area (Å²) in [6.07, 6.45) is -3.19. The van der Waals surface area contributed by atoms with Gasteiger partial charge in [-0.3, -0.25) is 4.79 Å². The molecule has 0 aliphatic heterocycles. The minimum Gasteiger partial charge on any atom is -0.384 e. The number of carbonyl (C=O) groups is 1. The van der Waals surface area contributed by atoms with Crippen LogP contribution in [0.5, 0.6) is 0 Å². The molecule has 0 saturated heterocycles. The molecule has 100 valence electrons. The molecule has 8 heteroatoms. The number of halogens is 3. The monoisotopic (exact) mass is 263 g/mol. The Labute approximate surface area is 101 Å². The zero-order chi connectivity index (χ0) is 13.6. The number of aromatic nitrogens is 1. The number of nitrogens with one attached hydrogen (secondary N) is 1. The Hall–Kier alpha value is -1.83. The van der Waals surface area contributed by atoms with Crippen LogP contribution < -0.4 is 11.1 Å². The lowest BCUT2D eigenvalue weighted by Gasteiger charge is -2.08. The van der Waals surface area contributed by atoms with Crippen molar-refractivity contribution < 1.29 is 22.7 Å². The molecule has 0 bridgehead atoms. The van der Waals surface area contributed by atoms with Gasteiger partial charge in [0.25, 0.3) is 0 Å². The highest BCUT2D eigenvalue weighted by Gasteiger charge is 2.27. The summed E-state index contributed by atoms with van der Waals surface area (Å²) >= 11 is 0. The van der Waals surface area contributed by atoms with E-state index in [9.17, 15) is 18.0 Å². The summed E-state index contributed by atoms with van der Waals surface area (Å²) in [5.74, 6) is -0.148. The van der Waals surface area contributed by atoms with Crippen LogP contribution in [-0.4, -0.2) is 30.3 Å². The molecule has 0 aromatic carbocycles. The number of nitrogens with two attached hydrogens (primary N) is 1. The third-order valence-corrected chi connectivity index (χ3v) is 1.81. The highest BCUT2D eigenvalue weighted by Crippen LogP contribution is 2.14. The smallest absolute Gasteiger partial charge is 0.384 e. The summed E-state index contributed by atoms with van der Waals surface area (Å²) in [5.41, 5.74) is 5.77. The molecule has 1 aromatic heterocycles. The lowest BCUT2D eigenvalue weighted by Crippen LogP contribution is -2.20. The van der Waals surface area contributed by atoms with E-state index in [0.717, 1.165) is 0 Å². The first-order valence-corrected chi connectivity index (χ1v) is 5.03. The van der Waals surface area contributed by atoms with Gasteiger partial charge in [0.15, 0.2) is 0 Å². The molecule has 3 N–H and O–H groups in total. The fraction of sp³-hybridized carbons (Fsp3) is 0.400. The molecule has 0 fully saturated rings. The van der Waals surface area contributed by atoms with E-state index in [2.05, 4.69) is 15.0 Å². The average Bonchev–Trinajstić information content (AvgIpc) is 2.26. The number of hydrogen-bond acceptors (Lipinski definition) is 4. The van der Waals surface area contributed by atoms with Crippen LogP contribution in [0, 0.1) is 0 Å². The van der Waals surface area contributed by atoms with Crippen molar-refractivity contribution in [2.75, 3.05) is 24.3 Å². The summed E-state index contributed by atoms with van der Waals surface area (Å²) < 4.78 is 39.5. The first-order chi connectivity index (χ1) is 8.37. The van der Waals surface area contributed by atoms with Gasteiger partial charge in [0.05, 0.1) is 24.9 Å². The van der Waals surface area contributed by atoms with Gasteiger partial charge in [0.2, 0.25) is 5.91 Å². The van der Waals surface area contributed by atoms with Crippen molar-refractivity contribution >= 4 is 17.4 Å². The van der Waals surface area contributed by atoms with Gasteiger partial charge in [-0.1, -0.05) is 0 Å². The van der Waals surface area contributed by atoms with Crippen LogP contribution in [0.25, 0.3) is 0 Å². The van der Waals surface area contributed by atoms with Crippen molar-refractivity contribution in [3.05, 3.63) is 18.3 Å². The summed E-state index contributed by atoms with van der Waals surface area (Å²) in [6.45, 7) is -1.66. The topological polar surface area (TPSA) is 77.2 Å². The molecule has 1 heterocycles. The maximum absolute atomic E-state index is 11.7. The lowest BCUT2D eigenvalue weighted by molar-refractivity contribution is -0.174. The van der Waals surface area contributed by atoms with Gasteiger partial charge in [-0.2, -0.15) is 13.2 Å². The van der Waals surface area contributed by atoms with Crippen LogP contribution in [0.2, 0.25) is 0 Å². The molecular weight excluding hydrogens is 251 g/mol. The predicted molar refractivity (Wildman–Crippen MR) is 58.8 cm³/mol. The van der Waals surface area contributed by atoms with E-state index in [0.29, 0.717) is 11.5 Å². The maximum Gasteiger partial charge on any atom is 0.411 e. The number of hydrogen-bond donors (Lipinski definition) is 2. The van der Waals surface area contributed by atoms with Crippen LogP contribution in [0.4, 0.5) is 24.7 Å². The first-order valence-electron chi connectivity index (χ1n) is 5.03. The second-order valence-corrected chi connectivity index (χ2v) is 3.44. The zero-order valence-corrected chi connectivity index (χ0v) is 9.33. The molecular formula is C10H12F3N3O2. The SMILES string of the molecule is Nc1ccc(NC(=O)CCOCC(F)(F)F)cn1. The second kappa shape index (κ2) is 6.20. The largest absolute Gasteiger partial charge is 0.411 e. The highest BCUT2D eigenvalue weighted by atomic mass is 19.4. The molecule has 0 unspecified atom stereocenters. The lowest BCUT2D eigenvalue weighted by atomic mass is 10.3. The van der Waals surface area contributed by atoms with E-state index in [1.807, 2.05) is 0 Å². The number of alkyl halides is 3. The second-order valence-electron chi connectivity index (χ2n) is 3.44. The third kappa shape index (κ3) is 6.04. The number of pyridine rings is 1. The summed E-state index contributed by atoms with van der Waals surface area (Å²) in [6, 6.07) is 3.03. The molecule has 18 heavy (non-hydrogen) atoms. The standard InChI is InChI=1S/C10H12F3N3O2/c11-10(12,13)6-18-4-3-9(17)16-7-1-2-8(14)15-5-7/h1-2,5H,3-4,6H2,(H2,14,15)(H,16,17). The van der Waals surface area contributed by atoms with Crippen molar-refractivity contribution in [3.8, 4) is 0 Å². The number of nitrogen functional groups attached to an aromatic ring is 1. The van der Waals surface area contributed by atoms with Crippen LogP contribution in [-0.2, 0) is 9.53 Å². The van der Waals surface area contributed by atoms with Gasteiger partial charge >= 0.3 is 6.18 Å². The Morgan fingerprint density at radius 1 is 1.44 bits per heavy atom. The van der Waals surface area contributed by atoms with Crippen molar-refractivity contribution in [1.82, 2.24) is 4.98 Å². The van der Waals surface area contributed by atoms with Crippen LogP contribution in [0.1, 0.15) is 6.42 Å². The van der Waals surface area contributed by atoms with Crippen LogP contribution in [0.15, 0.2) is 18.3 Å². The van der Waals surface area contributed by atoms with Crippen molar-refractivity contribution in [1.29, 1.82) is 0 Å². The van der Waals surface area contributed by atoms with Crippen molar-refractivity contribution in [2.24, 2.45) is 0 Å². The molecule has 0 aliphatic rings. The minimum absolute atomic E-state index is 0.166. The third-order valence-electron chi connectivity index (χ3n) is 1.81. The van der Waals surface area contributed by atoms with Gasteiger partial charge in [-0.15, -0.1) is 0 Å². The molecule has 1 amide bonds. The van der Waals surface area contributed by atoms with E-state index in [1.54, 1.807) is 0 Å². The molecule has 1 aromatic rings. The molecule has 0 aliphatic carbocycles. The van der Waals surface area contributed by atoms with E-state index < -0.39 is 18.7 Å². The number of carbonyl (C=O) groups excluding carboxylic acids is 1. The average molecular weight is 263 g/mol.